The molecule has 0 rings (SSSR count). The molecule has 0 aliphatic heterocycles. The maximum absolute atomic E-state index is 12.1. The minimum Gasteiger partial charge on any atom is -0.462 e. The Labute approximate surface area is 212 Å². The largest absolute Gasteiger partial charge is 0.469 e. The van der Waals surface area contributed by atoms with Crippen molar-refractivity contribution in [3.05, 3.63) is 12.2 Å². The first-order chi connectivity index (χ1) is 16.8. The molecule has 0 saturated heterocycles. The van der Waals surface area contributed by atoms with Crippen LogP contribution in [0.4, 0.5) is 0 Å². The fourth-order valence-corrected chi connectivity index (χ4v) is 3.82. The average Bonchev–Trinajstić information content (AvgIpc) is 2.81. The smallest absolute Gasteiger partial charge is 0.462 e. The molecule has 0 aromatic rings. The van der Waals surface area contributed by atoms with Crippen molar-refractivity contribution in [1.29, 1.82) is 0 Å². The fraction of sp³-hybridized carbons (Fsp3) is 0.846. The first-order valence-electron chi connectivity index (χ1n) is 13.5. The lowest BCUT2D eigenvalue weighted by Gasteiger charge is -2.18. The van der Waals surface area contributed by atoms with Crippen molar-refractivity contribution in [2.45, 2.75) is 129 Å². The van der Waals surface area contributed by atoms with Crippen LogP contribution in [0.15, 0.2) is 12.2 Å². The number of allylic oxidation sites excluding steroid dienone is 2. The summed E-state index contributed by atoms with van der Waals surface area (Å²) in [7, 11) is -4.72. The topological polar surface area (TPSA) is 119 Å². The summed E-state index contributed by atoms with van der Waals surface area (Å²) < 4.78 is 25.7. The summed E-state index contributed by atoms with van der Waals surface area (Å²) in [6.07, 6.45) is 20.6. The number of phosphoric acid groups is 1. The highest BCUT2D eigenvalue weighted by Crippen LogP contribution is 2.35. The number of unbranched alkanes of at least 4 members (excludes halogenated alkanes) is 12. The standard InChI is InChI=1S/C26H49O8P/c1-3-5-7-8-9-10-11-12-13-14-15-16-17-18-19-21-26(28)34-24(23-33-35(29,30)31)22-32-25(27)20-6-4-2/h12-13,24H,3-11,14-23H2,1-2H3,(H2,29,30,31)/b13-12-. The van der Waals surface area contributed by atoms with E-state index in [2.05, 4.69) is 23.6 Å². The Morgan fingerprint density at radius 2 is 1.23 bits per heavy atom. The van der Waals surface area contributed by atoms with Crippen LogP contribution in [0.25, 0.3) is 0 Å². The molecule has 0 fully saturated rings. The number of carbonyl (C=O) groups excluding carboxylic acids is 2. The van der Waals surface area contributed by atoms with Gasteiger partial charge in [0.25, 0.3) is 0 Å². The van der Waals surface area contributed by atoms with E-state index in [0.29, 0.717) is 12.8 Å². The van der Waals surface area contributed by atoms with Gasteiger partial charge in [-0.25, -0.2) is 4.57 Å². The van der Waals surface area contributed by atoms with Crippen LogP contribution >= 0.6 is 7.82 Å². The zero-order valence-corrected chi connectivity index (χ0v) is 22.9. The molecule has 2 N–H and O–H groups in total. The molecule has 0 heterocycles. The molecule has 206 valence electrons. The number of ether oxygens (including phenoxy) is 2. The molecule has 0 aromatic carbocycles. The van der Waals surface area contributed by atoms with E-state index < -0.39 is 32.5 Å². The van der Waals surface area contributed by atoms with Gasteiger partial charge in [0.1, 0.15) is 6.61 Å². The summed E-state index contributed by atoms with van der Waals surface area (Å²) >= 11 is 0. The van der Waals surface area contributed by atoms with E-state index in [4.69, 9.17) is 19.3 Å². The first-order valence-corrected chi connectivity index (χ1v) is 15.0. The highest BCUT2D eigenvalue weighted by Gasteiger charge is 2.22. The van der Waals surface area contributed by atoms with E-state index in [0.717, 1.165) is 38.5 Å². The maximum atomic E-state index is 12.1. The van der Waals surface area contributed by atoms with Gasteiger partial charge in [-0.05, 0) is 38.5 Å². The molecule has 0 aliphatic carbocycles. The van der Waals surface area contributed by atoms with Crippen LogP contribution in [0.5, 0.6) is 0 Å². The fourth-order valence-electron chi connectivity index (χ4n) is 3.46. The van der Waals surface area contributed by atoms with Crippen molar-refractivity contribution in [1.82, 2.24) is 0 Å². The molecule has 0 aliphatic rings. The van der Waals surface area contributed by atoms with Crippen molar-refractivity contribution < 1.29 is 37.9 Å². The summed E-state index contributed by atoms with van der Waals surface area (Å²) in [6, 6.07) is 0. The third-order valence-electron chi connectivity index (χ3n) is 5.53. The minimum absolute atomic E-state index is 0.203. The second kappa shape index (κ2) is 23.2. The van der Waals surface area contributed by atoms with Gasteiger partial charge >= 0.3 is 19.8 Å². The predicted octanol–water partition coefficient (Wildman–Crippen LogP) is 6.78. The molecule has 0 amide bonds. The molecule has 9 heteroatoms. The maximum Gasteiger partial charge on any atom is 0.469 e. The van der Waals surface area contributed by atoms with Gasteiger partial charge in [0.15, 0.2) is 6.10 Å². The van der Waals surface area contributed by atoms with Gasteiger partial charge < -0.3 is 19.3 Å². The Hall–Kier alpha value is -1.21. The number of hydrogen-bond donors (Lipinski definition) is 2. The van der Waals surface area contributed by atoms with Gasteiger partial charge in [-0.1, -0.05) is 83.8 Å². The van der Waals surface area contributed by atoms with Gasteiger partial charge in [-0.15, -0.1) is 0 Å². The lowest BCUT2D eigenvalue weighted by Crippen LogP contribution is -2.29. The van der Waals surface area contributed by atoms with Gasteiger partial charge in [-0.2, -0.15) is 0 Å². The number of esters is 2. The highest BCUT2D eigenvalue weighted by molar-refractivity contribution is 7.46. The van der Waals surface area contributed by atoms with Crippen molar-refractivity contribution in [3.63, 3.8) is 0 Å². The monoisotopic (exact) mass is 520 g/mol. The molecule has 0 bridgehead atoms. The molecule has 35 heavy (non-hydrogen) atoms. The molecule has 8 nitrogen and oxygen atoms in total. The summed E-state index contributed by atoms with van der Waals surface area (Å²) in [5.41, 5.74) is 0. The molecule has 1 atom stereocenters. The van der Waals surface area contributed by atoms with E-state index in [-0.39, 0.29) is 19.4 Å². The van der Waals surface area contributed by atoms with Crippen LogP contribution in [0.3, 0.4) is 0 Å². The molecule has 0 radical (unpaired) electrons. The van der Waals surface area contributed by atoms with E-state index in [1.54, 1.807) is 0 Å². The Balaban J connectivity index is 3.91. The SMILES string of the molecule is CCCCCCCC/C=C\CCCCCCCC(=O)OC(COC(=O)CCCC)COP(=O)(O)O. The number of rotatable bonds is 24. The second-order valence-electron chi connectivity index (χ2n) is 9.02. The first kappa shape index (κ1) is 33.8. The van der Waals surface area contributed by atoms with Crippen molar-refractivity contribution in [2.75, 3.05) is 13.2 Å². The van der Waals surface area contributed by atoms with Gasteiger partial charge in [-0.3, -0.25) is 14.1 Å². The second-order valence-corrected chi connectivity index (χ2v) is 10.3. The van der Waals surface area contributed by atoms with E-state index >= 15 is 0 Å². The molecule has 0 spiro atoms. The molecule has 0 aromatic heterocycles. The quantitative estimate of drug-likeness (QED) is 0.0619. The zero-order chi connectivity index (χ0) is 26.2. The molecular formula is C26H49O8P. The Morgan fingerprint density at radius 3 is 1.80 bits per heavy atom. The van der Waals surface area contributed by atoms with E-state index in [1.165, 1.54) is 44.9 Å². The van der Waals surface area contributed by atoms with Crippen LogP contribution in [0.1, 0.15) is 123 Å². The predicted molar refractivity (Wildman–Crippen MR) is 138 cm³/mol. The number of phosphoric ester groups is 1. The highest BCUT2D eigenvalue weighted by atomic mass is 31.2. The third kappa shape index (κ3) is 25.7. The van der Waals surface area contributed by atoms with E-state index in [1.807, 2.05) is 6.92 Å². The molecule has 1 unspecified atom stereocenters. The summed E-state index contributed by atoms with van der Waals surface area (Å²) in [6.45, 7) is 3.35. The Bertz CT molecular complexity index is 602. The summed E-state index contributed by atoms with van der Waals surface area (Å²) in [5.74, 6) is -0.937. The molecular weight excluding hydrogens is 471 g/mol. The average molecular weight is 521 g/mol. The zero-order valence-electron chi connectivity index (χ0n) is 22.0. The summed E-state index contributed by atoms with van der Waals surface area (Å²) in [5, 5.41) is 0. The number of hydrogen-bond acceptors (Lipinski definition) is 6. The van der Waals surface area contributed by atoms with Gasteiger partial charge in [0.2, 0.25) is 0 Å². The Kier molecular flexibility index (Phi) is 22.4. The van der Waals surface area contributed by atoms with Crippen LogP contribution in [-0.4, -0.2) is 41.0 Å². The lowest BCUT2D eigenvalue weighted by molar-refractivity contribution is -0.161. The number of carbonyl (C=O) groups is 2. The van der Waals surface area contributed by atoms with Crippen molar-refractivity contribution in [2.24, 2.45) is 0 Å². The van der Waals surface area contributed by atoms with Crippen LogP contribution in [0, 0.1) is 0 Å². The minimum atomic E-state index is -4.72. The van der Waals surface area contributed by atoms with Crippen LogP contribution in [0.2, 0.25) is 0 Å². The van der Waals surface area contributed by atoms with Crippen LogP contribution in [-0.2, 0) is 28.2 Å². The third-order valence-corrected chi connectivity index (χ3v) is 6.02. The Morgan fingerprint density at radius 1 is 0.714 bits per heavy atom. The van der Waals surface area contributed by atoms with Crippen molar-refractivity contribution >= 4 is 19.8 Å². The summed E-state index contributed by atoms with van der Waals surface area (Å²) in [4.78, 5) is 41.5. The van der Waals surface area contributed by atoms with Crippen molar-refractivity contribution in [3.8, 4) is 0 Å². The van der Waals surface area contributed by atoms with Crippen LogP contribution < -0.4 is 0 Å². The van der Waals surface area contributed by atoms with Gasteiger partial charge in [0, 0.05) is 12.8 Å². The molecule has 0 saturated carbocycles. The van der Waals surface area contributed by atoms with Gasteiger partial charge in [0.05, 0.1) is 6.61 Å². The normalized spacial score (nSPS) is 12.7. The lowest BCUT2D eigenvalue weighted by atomic mass is 10.1. The van der Waals surface area contributed by atoms with E-state index in [9.17, 15) is 14.2 Å².